The van der Waals surface area contributed by atoms with Gasteiger partial charge in [-0.15, -0.1) is 0 Å². The summed E-state index contributed by atoms with van der Waals surface area (Å²) < 4.78 is 0. The summed E-state index contributed by atoms with van der Waals surface area (Å²) in [6.45, 7) is 1.74. The van der Waals surface area contributed by atoms with E-state index in [1.807, 2.05) is 0 Å². The van der Waals surface area contributed by atoms with Gasteiger partial charge in [0.1, 0.15) is 6.54 Å². The van der Waals surface area contributed by atoms with E-state index in [9.17, 15) is 14.4 Å². The van der Waals surface area contributed by atoms with Crippen LogP contribution in [0.25, 0.3) is 0 Å². The molecule has 0 saturated heterocycles. The molecule has 1 aliphatic carbocycles. The number of carbonyl (C=O) groups is 3. The summed E-state index contributed by atoms with van der Waals surface area (Å²) in [4.78, 5) is 34.1. The molecule has 1 saturated carbocycles. The molecule has 0 bridgehead atoms. The Bertz CT molecular complexity index is 315. The fourth-order valence-corrected chi connectivity index (χ4v) is 1.41. The van der Waals surface area contributed by atoms with Gasteiger partial charge in [-0.25, -0.2) is 4.79 Å². The second kappa shape index (κ2) is 6.07. The fraction of sp³-hybridized carbons (Fsp3) is 0.700. The first-order chi connectivity index (χ1) is 8.00. The van der Waals surface area contributed by atoms with E-state index < -0.39 is 5.97 Å². The molecule has 1 rings (SSSR count). The van der Waals surface area contributed by atoms with E-state index in [-0.39, 0.29) is 24.5 Å². The largest absolute Gasteiger partial charge is 0.480 e. The van der Waals surface area contributed by atoms with Crippen LogP contribution < -0.4 is 10.6 Å². The van der Waals surface area contributed by atoms with Crippen molar-refractivity contribution in [1.82, 2.24) is 15.5 Å². The van der Waals surface area contributed by atoms with Gasteiger partial charge in [0, 0.05) is 26.1 Å². The van der Waals surface area contributed by atoms with Crippen LogP contribution in [0.2, 0.25) is 0 Å². The fourth-order valence-electron chi connectivity index (χ4n) is 1.41. The van der Waals surface area contributed by atoms with E-state index in [0.29, 0.717) is 13.1 Å². The predicted molar refractivity (Wildman–Crippen MR) is 59.4 cm³/mol. The van der Waals surface area contributed by atoms with Crippen molar-refractivity contribution in [3.05, 3.63) is 0 Å². The number of carboxylic acid groups (broad SMARTS) is 1. The number of amides is 3. The first kappa shape index (κ1) is 13.3. The smallest absolute Gasteiger partial charge is 0.323 e. The molecular formula is C10H17N3O4. The standard InChI is InChI=1S/C10H17N3O4/c1-7(14)11-4-5-12-10(17)13(6-9(15)16)8-2-3-8/h8H,2-6H2,1H3,(H,11,14)(H,12,17)(H,15,16). The SMILES string of the molecule is CC(=O)NCCNC(=O)N(CC(=O)O)C1CC1. The lowest BCUT2D eigenvalue weighted by Crippen LogP contribution is -2.46. The van der Waals surface area contributed by atoms with E-state index in [4.69, 9.17) is 5.11 Å². The summed E-state index contributed by atoms with van der Waals surface area (Å²) in [6.07, 6.45) is 1.71. The van der Waals surface area contributed by atoms with Gasteiger partial charge in [0.2, 0.25) is 5.91 Å². The summed E-state index contributed by atoms with van der Waals surface area (Å²) in [7, 11) is 0. The Morgan fingerprint density at radius 3 is 2.29 bits per heavy atom. The van der Waals surface area contributed by atoms with Crippen LogP contribution in [0, 0.1) is 0 Å². The highest BCUT2D eigenvalue weighted by Crippen LogP contribution is 2.26. The number of hydrogen-bond acceptors (Lipinski definition) is 3. The highest BCUT2D eigenvalue weighted by atomic mass is 16.4. The Kier molecular flexibility index (Phi) is 4.74. The molecule has 17 heavy (non-hydrogen) atoms. The Morgan fingerprint density at radius 2 is 1.82 bits per heavy atom. The molecule has 3 amide bonds. The molecule has 0 heterocycles. The normalized spacial score (nSPS) is 13.9. The van der Waals surface area contributed by atoms with Crippen molar-refractivity contribution in [2.75, 3.05) is 19.6 Å². The minimum absolute atomic E-state index is 0.0480. The molecular weight excluding hydrogens is 226 g/mol. The molecule has 1 aliphatic rings. The Morgan fingerprint density at radius 1 is 1.24 bits per heavy atom. The van der Waals surface area contributed by atoms with E-state index in [1.54, 1.807) is 0 Å². The van der Waals surface area contributed by atoms with Gasteiger partial charge in [0.25, 0.3) is 0 Å². The summed E-state index contributed by atoms with van der Waals surface area (Å²) in [5.41, 5.74) is 0. The van der Waals surface area contributed by atoms with Crippen LogP contribution in [-0.4, -0.2) is 53.6 Å². The third-order valence-electron chi connectivity index (χ3n) is 2.33. The molecule has 7 heteroatoms. The van der Waals surface area contributed by atoms with Crippen LogP contribution in [-0.2, 0) is 9.59 Å². The van der Waals surface area contributed by atoms with Crippen molar-refractivity contribution in [2.24, 2.45) is 0 Å². The van der Waals surface area contributed by atoms with Crippen LogP contribution in [0.15, 0.2) is 0 Å². The average Bonchev–Trinajstić information content (AvgIpc) is 3.03. The molecule has 1 fully saturated rings. The lowest BCUT2D eigenvalue weighted by molar-refractivity contribution is -0.137. The van der Waals surface area contributed by atoms with E-state index >= 15 is 0 Å². The zero-order valence-electron chi connectivity index (χ0n) is 9.73. The third-order valence-corrected chi connectivity index (χ3v) is 2.33. The van der Waals surface area contributed by atoms with Crippen LogP contribution >= 0.6 is 0 Å². The molecule has 0 aromatic rings. The zero-order chi connectivity index (χ0) is 12.8. The molecule has 0 spiro atoms. The number of nitrogens with one attached hydrogen (secondary N) is 2. The van der Waals surface area contributed by atoms with Gasteiger partial charge in [-0.05, 0) is 12.8 Å². The second-order valence-corrected chi connectivity index (χ2v) is 3.97. The molecule has 0 aromatic carbocycles. The Labute approximate surface area is 99.2 Å². The van der Waals surface area contributed by atoms with Gasteiger partial charge >= 0.3 is 12.0 Å². The zero-order valence-corrected chi connectivity index (χ0v) is 9.73. The highest BCUT2D eigenvalue weighted by Gasteiger charge is 2.33. The number of hydrogen-bond donors (Lipinski definition) is 3. The van der Waals surface area contributed by atoms with Crippen molar-refractivity contribution in [1.29, 1.82) is 0 Å². The monoisotopic (exact) mass is 243 g/mol. The maximum absolute atomic E-state index is 11.6. The average molecular weight is 243 g/mol. The molecule has 7 nitrogen and oxygen atoms in total. The van der Waals surface area contributed by atoms with Crippen LogP contribution in [0.3, 0.4) is 0 Å². The first-order valence-corrected chi connectivity index (χ1v) is 5.51. The number of aliphatic carboxylic acids is 1. The van der Waals surface area contributed by atoms with Crippen LogP contribution in [0.4, 0.5) is 4.79 Å². The van der Waals surface area contributed by atoms with Crippen molar-refractivity contribution in [3.63, 3.8) is 0 Å². The van der Waals surface area contributed by atoms with Gasteiger partial charge in [0.05, 0.1) is 0 Å². The Hall–Kier alpha value is -1.79. The summed E-state index contributed by atoms with van der Waals surface area (Å²) in [5.74, 6) is -1.18. The summed E-state index contributed by atoms with van der Waals surface area (Å²) in [5, 5.41) is 13.8. The number of urea groups is 1. The minimum atomic E-state index is -1.02. The number of carbonyl (C=O) groups excluding carboxylic acids is 2. The highest BCUT2D eigenvalue weighted by molar-refractivity contribution is 5.80. The summed E-state index contributed by atoms with van der Waals surface area (Å²) >= 11 is 0. The number of rotatable bonds is 6. The lowest BCUT2D eigenvalue weighted by atomic mass is 10.5. The second-order valence-electron chi connectivity index (χ2n) is 3.97. The van der Waals surface area contributed by atoms with Gasteiger partial charge in [-0.1, -0.05) is 0 Å². The van der Waals surface area contributed by atoms with Gasteiger partial charge in [-0.3, -0.25) is 9.59 Å². The quantitative estimate of drug-likeness (QED) is 0.541. The van der Waals surface area contributed by atoms with Crippen LogP contribution in [0.1, 0.15) is 19.8 Å². The maximum Gasteiger partial charge on any atom is 0.323 e. The van der Waals surface area contributed by atoms with Gasteiger partial charge < -0.3 is 20.6 Å². The minimum Gasteiger partial charge on any atom is -0.480 e. The predicted octanol–water partition coefficient (Wildman–Crippen LogP) is -0.619. The number of nitrogens with zero attached hydrogens (tertiary/aromatic N) is 1. The molecule has 0 unspecified atom stereocenters. The molecule has 0 atom stereocenters. The third kappa shape index (κ3) is 5.19. The molecule has 3 N–H and O–H groups in total. The van der Waals surface area contributed by atoms with Crippen molar-refractivity contribution >= 4 is 17.9 Å². The van der Waals surface area contributed by atoms with Crippen molar-refractivity contribution < 1.29 is 19.5 Å². The molecule has 96 valence electrons. The first-order valence-electron chi connectivity index (χ1n) is 5.51. The molecule has 0 aromatic heterocycles. The topological polar surface area (TPSA) is 98.7 Å². The summed E-state index contributed by atoms with van der Waals surface area (Å²) in [6, 6.07) is -0.341. The van der Waals surface area contributed by atoms with Crippen LogP contribution in [0.5, 0.6) is 0 Å². The number of carboxylic acids is 1. The van der Waals surface area contributed by atoms with Gasteiger partial charge in [-0.2, -0.15) is 0 Å². The van der Waals surface area contributed by atoms with Gasteiger partial charge in [0.15, 0.2) is 0 Å². The molecule has 0 aliphatic heterocycles. The van der Waals surface area contributed by atoms with E-state index in [0.717, 1.165) is 12.8 Å². The maximum atomic E-state index is 11.6. The van der Waals surface area contributed by atoms with E-state index in [1.165, 1.54) is 11.8 Å². The van der Waals surface area contributed by atoms with Crippen molar-refractivity contribution in [2.45, 2.75) is 25.8 Å². The lowest BCUT2D eigenvalue weighted by Gasteiger charge is -2.20. The van der Waals surface area contributed by atoms with Crippen molar-refractivity contribution in [3.8, 4) is 0 Å². The Balaban J connectivity index is 2.27. The van der Waals surface area contributed by atoms with E-state index in [2.05, 4.69) is 10.6 Å². The molecule has 0 radical (unpaired) electrons.